The molecule has 0 radical (unpaired) electrons. The number of aliphatic hydroxyl groups is 1. The second-order valence-corrected chi connectivity index (χ2v) is 2.56. The van der Waals surface area contributed by atoms with E-state index < -0.39 is 12.2 Å². The monoisotopic (exact) mass is 181 g/mol. The smallest absolute Gasteiger partial charge is 0.404 e. The second-order valence-electron chi connectivity index (χ2n) is 2.56. The number of aliphatic hydroxyl groups excluding tert-OH is 1. The third kappa shape index (κ3) is 3.13. The molecule has 0 fully saturated rings. The fourth-order valence-electron chi connectivity index (χ4n) is 0.932. The third-order valence-electron chi connectivity index (χ3n) is 1.57. The first-order valence-electron chi connectivity index (χ1n) is 3.85. The van der Waals surface area contributed by atoms with E-state index in [1.807, 2.05) is 6.07 Å². The van der Waals surface area contributed by atoms with E-state index in [0.29, 0.717) is 5.56 Å². The molecule has 1 aromatic carbocycles. The van der Waals surface area contributed by atoms with Crippen LogP contribution in [0.2, 0.25) is 0 Å². The van der Waals surface area contributed by atoms with Crippen LogP contribution in [0.5, 0.6) is 0 Å². The Bertz CT molecular complexity index is 273. The molecule has 70 valence electrons. The summed E-state index contributed by atoms with van der Waals surface area (Å²) in [6, 6.07) is 8.92. The summed E-state index contributed by atoms with van der Waals surface area (Å²) in [5, 5.41) is 9.44. The number of carbonyl (C=O) groups is 1. The summed E-state index contributed by atoms with van der Waals surface area (Å²) in [4.78, 5) is 10.2. The Morgan fingerprint density at radius 3 is 2.62 bits per heavy atom. The van der Waals surface area contributed by atoms with Gasteiger partial charge in [0.15, 0.2) is 0 Å². The third-order valence-corrected chi connectivity index (χ3v) is 1.57. The Labute approximate surface area is 75.9 Å². The molecule has 1 atom stereocenters. The molecular weight excluding hydrogens is 170 g/mol. The Balaban J connectivity index is 2.49. The number of primary amides is 1. The molecule has 0 unspecified atom stereocenters. The van der Waals surface area contributed by atoms with Crippen molar-refractivity contribution >= 4 is 6.09 Å². The van der Waals surface area contributed by atoms with E-state index in [2.05, 4.69) is 4.74 Å². The van der Waals surface area contributed by atoms with E-state index >= 15 is 0 Å². The van der Waals surface area contributed by atoms with Crippen molar-refractivity contribution in [2.75, 3.05) is 6.61 Å². The summed E-state index contributed by atoms with van der Waals surface area (Å²) >= 11 is 0. The Morgan fingerprint density at radius 1 is 1.46 bits per heavy atom. The Kier molecular flexibility index (Phi) is 3.28. The van der Waals surface area contributed by atoms with Crippen LogP contribution in [0.1, 0.15) is 11.7 Å². The number of amides is 1. The second kappa shape index (κ2) is 4.47. The van der Waals surface area contributed by atoms with Crippen LogP contribution >= 0.6 is 0 Å². The normalized spacial score (nSPS) is 12.1. The predicted octanol–water partition coefficient (Wildman–Crippen LogP) is 0.815. The average Bonchev–Trinajstić information content (AvgIpc) is 2.15. The highest BCUT2D eigenvalue weighted by molar-refractivity contribution is 5.64. The summed E-state index contributed by atoms with van der Waals surface area (Å²) in [5.74, 6) is 0. The molecule has 0 heterocycles. The van der Waals surface area contributed by atoms with Crippen molar-refractivity contribution < 1.29 is 14.6 Å². The summed E-state index contributed by atoms with van der Waals surface area (Å²) in [7, 11) is 0. The lowest BCUT2D eigenvalue weighted by Gasteiger charge is -2.09. The largest absolute Gasteiger partial charge is 0.447 e. The van der Waals surface area contributed by atoms with Gasteiger partial charge in [0, 0.05) is 0 Å². The summed E-state index contributed by atoms with van der Waals surface area (Å²) in [6.07, 6.45) is -1.69. The highest BCUT2D eigenvalue weighted by Gasteiger charge is 2.07. The molecule has 0 aliphatic carbocycles. The van der Waals surface area contributed by atoms with Gasteiger partial charge >= 0.3 is 6.09 Å². The number of nitrogens with two attached hydrogens (primary N) is 1. The van der Waals surface area contributed by atoms with Gasteiger partial charge in [-0.1, -0.05) is 30.3 Å². The summed E-state index contributed by atoms with van der Waals surface area (Å²) < 4.78 is 4.45. The number of carbonyl (C=O) groups excluding carboxylic acids is 1. The van der Waals surface area contributed by atoms with E-state index in [1.54, 1.807) is 24.3 Å². The van der Waals surface area contributed by atoms with Crippen LogP contribution in [-0.2, 0) is 4.74 Å². The maximum absolute atomic E-state index is 10.2. The van der Waals surface area contributed by atoms with Gasteiger partial charge in [-0.15, -0.1) is 0 Å². The molecule has 0 spiro atoms. The van der Waals surface area contributed by atoms with Gasteiger partial charge in [0.1, 0.15) is 12.7 Å². The first-order chi connectivity index (χ1) is 6.20. The Morgan fingerprint density at radius 2 is 2.08 bits per heavy atom. The van der Waals surface area contributed by atoms with Crippen molar-refractivity contribution in [3.05, 3.63) is 35.9 Å². The van der Waals surface area contributed by atoms with Crippen LogP contribution in [0, 0.1) is 0 Å². The van der Waals surface area contributed by atoms with Gasteiger partial charge in [-0.05, 0) is 5.56 Å². The summed E-state index contributed by atoms with van der Waals surface area (Å²) in [6.45, 7) is -0.112. The van der Waals surface area contributed by atoms with Gasteiger partial charge < -0.3 is 15.6 Å². The van der Waals surface area contributed by atoms with Crippen LogP contribution in [-0.4, -0.2) is 17.8 Å². The minimum Gasteiger partial charge on any atom is -0.447 e. The summed E-state index contributed by atoms with van der Waals surface area (Å²) in [5.41, 5.74) is 5.44. The number of hydrogen-bond donors (Lipinski definition) is 2. The van der Waals surface area contributed by atoms with Gasteiger partial charge in [-0.3, -0.25) is 0 Å². The van der Waals surface area contributed by atoms with Gasteiger partial charge in [-0.2, -0.15) is 0 Å². The highest BCUT2D eigenvalue weighted by atomic mass is 16.6. The minimum absolute atomic E-state index is 0.112. The Hall–Kier alpha value is -1.55. The molecule has 0 aliphatic heterocycles. The molecule has 4 heteroatoms. The van der Waals surface area contributed by atoms with Crippen LogP contribution in [0.25, 0.3) is 0 Å². The fraction of sp³-hybridized carbons (Fsp3) is 0.222. The zero-order chi connectivity index (χ0) is 9.68. The highest BCUT2D eigenvalue weighted by Crippen LogP contribution is 2.11. The molecule has 4 nitrogen and oxygen atoms in total. The van der Waals surface area contributed by atoms with Crippen molar-refractivity contribution in [2.24, 2.45) is 5.73 Å². The first-order valence-corrected chi connectivity index (χ1v) is 3.85. The van der Waals surface area contributed by atoms with Gasteiger partial charge in [-0.25, -0.2) is 4.79 Å². The van der Waals surface area contributed by atoms with Crippen LogP contribution in [0.15, 0.2) is 30.3 Å². The van der Waals surface area contributed by atoms with Crippen LogP contribution < -0.4 is 5.73 Å². The topological polar surface area (TPSA) is 72.6 Å². The molecule has 1 rings (SSSR count). The molecule has 13 heavy (non-hydrogen) atoms. The molecule has 0 aliphatic rings. The van der Waals surface area contributed by atoms with Crippen molar-refractivity contribution in [3.8, 4) is 0 Å². The van der Waals surface area contributed by atoms with Crippen LogP contribution in [0.4, 0.5) is 4.79 Å². The first kappa shape index (κ1) is 9.54. The van der Waals surface area contributed by atoms with Crippen molar-refractivity contribution in [3.63, 3.8) is 0 Å². The molecule has 1 aromatic rings. The molecule has 0 saturated carbocycles. The van der Waals surface area contributed by atoms with Crippen molar-refractivity contribution in [2.45, 2.75) is 6.10 Å². The maximum Gasteiger partial charge on any atom is 0.404 e. The van der Waals surface area contributed by atoms with Gasteiger partial charge in [0.2, 0.25) is 0 Å². The lowest BCUT2D eigenvalue weighted by molar-refractivity contribution is 0.0729. The lowest BCUT2D eigenvalue weighted by Crippen LogP contribution is -2.17. The standard InChI is InChI=1S/C9H11NO3/c10-9(12)13-6-8(11)7-4-2-1-3-5-7/h1-5,8,11H,6H2,(H2,10,12)/t8-/m0/s1. The number of hydrogen-bond acceptors (Lipinski definition) is 3. The van der Waals surface area contributed by atoms with E-state index in [1.165, 1.54) is 0 Å². The zero-order valence-corrected chi connectivity index (χ0v) is 7.01. The van der Waals surface area contributed by atoms with E-state index in [-0.39, 0.29) is 6.61 Å². The average molecular weight is 181 g/mol. The molecule has 0 bridgehead atoms. The van der Waals surface area contributed by atoms with E-state index in [9.17, 15) is 9.90 Å². The van der Waals surface area contributed by atoms with Gasteiger partial charge in [0.05, 0.1) is 0 Å². The molecule has 3 N–H and O–H groups in total. The fourth-order valence-corrected chi connectivity index (χ4v) is 0.932. The van der Waals surface area contributed by atoms with Crippen molar-refractivity contribution in [1.29, 1.82) is 0 Å². The van der Waals surface area contributed by atoms with Gasteiger partial charge in [0.25, 0.3) is 0 Å². The van der Waals surface area contributed by atoms with E-state index in [0.717, 1.165) is 0 Å². The molecule has 1 amide bonds. The SMILES string of the molecule is NC(=O)OC[C@H](O)c1ccccc1. The minimum atomic E-state index is -0.880. The molecule has 0 saturated heterocycles. The van der Waals surface area contributed by atoms with E-state index in [4.69, 9.17) is 5.73 Å². The van der Waals surface area contributed by atoms with Crippen LogP contribution in [0.3, 0.4) is 0 Å². The number of rotatable bonds is 3. The maximum atomic E-state index is 10.2. The quantitative estimate of drug-likeness (QED) is 0.724. The zero-order valence-electron chi connectivity index (χ0n) is 7.01. The molecule has 0 aromatic heterocycles. The number of benzene rings is 1. The molecular formula is C9H11NO3. The van der Waals surface area contributed by atoms with Crippen molar-refractivity contribution in [1.82, 2.24) is 0 Å². The number of ether oxygens (including phenoxy) is 1. The lowest BCUT2D eigenvalue weighted by atomic mass is 10.1. The predicted molar refractivity (Wildman–Crippen MR) is 46.9 cm³/mol.